The van der Waals surface area contributed by atoms with Crippen molar-refractivity contribution >= 4 is 11.6 Å². The number of amides is 1. The standard InChI is InChI=1S/C11H12FNO2/c12-8-1-3-9(4-2-8)13-7-10(14)5-6-11(13)15/h1-4,10,14H,5-7H2. The summed E-state index contributed by atoms with van der Waals surface area (Å²) in [6.07, 6.45) is 0.377. The van der Waals surface area contributed by atoms with Crippen molar-refractivity contribution in [3.63, 3.8) is 0 Å². The highest BCUT2D eigenvalue weighted by molar-refractivity contribution is 5.94. The normalized spacial score (nSPS) is 21.9. The highest BCUT2D eigenvalue weighted by atomic mass is 19.1. The minimum Gasteiger partial charge on any atom is -0.391 e. The van der Waals surface area contributed by atoms with Crippen LogP contribution in [-0.4, -0.2) is 23.7 Å². The van der Waals surface area contributed by atoms with Crippen LogP contribution < -0.4 is 4.90 Å². The van der Waals surface area contributed by atoms with Crippen molar-refractivity contribution in [2.24, 2.45) is 0 Å². The first-order chi connectivity index (χ1) is 7.16. The van der Waals surface area contributed by atoms with E-state index < -0.39 is 6.10 Å². The molecule has 2 rings (SSSR count). The van der Waals surface area contributed by atoms with Crippen LogP contribution in [0.3, 0.4) is 0 Å². The molecule has 1 heterocycles. The summed E-state index contributed by atoms with van der Waals surface area (Å²) in [7, 11) is 0. The van der Waals surface area contributed by atoms with Gasteiger partial charge in [0.1, 0.15) is 5.82 Å². The van der Waals surface area contributed by atoms with Gasteiger partial charge in [0.2, 0.25) is 5.91 Å². The SMILES string of the molecule is O=C1CCC(O)CN1c1ccc(F)cc1. The van der Waals surface area contributed by atoms with E-state index in [-0.39, 0.29) is 11.7 Å². The number of aliphatic hydroxyl groups excluding tert-OH is 1. The van der Waals surface area contributed by atoms with Crippen molar-refractivity contribution in [2.45, 2.75) is 18.9 Å². The molecule has 1 N–H and O–H groups in total. The van der Waals surface area contributed by atoms with E-state index in [9.17, 15) is 14.3 Å². The van der Waals surface area contributed by atoms with Crippen LogP contribution >= 0.6 is 0 Å². The van der Waals surface area contributed by atoms with Crippen LogP contribution in [0.15, 0.2) is 24.3 Å². The number of carbonyl (C=O) groups is 1. The molecule has 0 aromatic heterocycles. The number of anilines is 1. The molecule has 0 radical (unpaired) electrons. The van der Waals surface area contributed by atoms with Gasteiger partial charge < -0.3 is 10.0 Å². The molecule has 1 aromatic carbocycles. The number of benzene rings is 1. The van der Waals surface area contributed by atoms with Crippen molar-refractivity contribution in [1.82, 2.24) is 0 Å². The molecule has 0 spiro atoms. The molecule has 0 aliphatic carbocycles. The second kappa shape index (κ2) is 3.98. The van der Waals surface area contributed by atoms with Crippen molar-refractivity contribution in [2.75, 3.05) is 11.4 Å². The van der Waals surface area contributed by atoms with Gasteiger partial charge in [-0.3, -0.25) is 4.79 Å². The minimum absolute atomic E-state index is 0.0214. The molecule has 80 valence electrons. The van der Waals surface area contributed by atoms with Gasteiger partial charge in [0.05, 0.1) is 12.6 Å². The second-order valence-electron chi connectivity index (χ2n) is 3.67. The zero-order chi connectivity index (χ0) is 10.8. The number of aliphatic hydroxyl groups is 1. The van der Waals surface area contributed by atoms with Crippen molar-refractivity contribution in [1.29, 1.82) is 0 Å². The van der Waals surface area contributed by atoms with Crippen LogP contribution in [-0.2, 0) is 4.79 Å². The smallest absolute Gasteiger partial charge is 0.227 e. The molecule has 1 unspecified atom stereocenters. The molecule has 0 saturated carbocycles. The van der Waals surface area contributed by atoms with Crippen molar-refractivity contribution in [3.8, 4) is 0 Å². The Balaban J connectivity index is 2.21. The number of carbonyl (C=O) groups excluding carboxylic acids is 1. The lowest BCUT2D eigenvalue weighted by atomic mass is 10.1. The number of halogens is 1. The number of nitrogens with zero attached hydrogens (tertiary/aromatic N) is 1. The van der Waals surface area contributed by atoms with E-state index in [0.717, 1.165) is 0 Å². The molecule has 1 fully saturated rings. The predicted molar refractivity (Wildman–Crippen MR) is 54.0 cm³/mol. The Kier molecular flexibility index (Phi) is 2.68. The zero-order valence-electron chi connectivity index (χ0n) is 8.19. The molecule has 1 aliphatic heterocycles. The van der Waals surface area contributed by atoms with Crippen LogP contribution in [0.5, 0.6) is 0 Å². The zero-order valence-corrected chi connectivity index (χ0v) is 8.19. The first-order valence-corrected chi connectivity index (χ1v) is 4.91. The van der Waals surface area contributed by atoms with Crippen LogP contribution in [0.1, 0.15) is 12.8 Å². The lowest BCUT2D eigenvalue weighted by molar-refractivity contribution is -0.121. The fourth-order valence-electron chi connectivity index (χ4n) is 1.70. The Morgan fingerprint density at radius 1 is 1.33 bits per heavy atom. The fraction of sp³-hybridized carbons (Fsp3) is 0.364. The van der Waals surface area contributed by atoms with Gasteiger partial charge in [0.15, 0.2) is 0 Å². The third kappa shape index (κ3) is 2.15. The third-order valence-electron chi connectivity index (χ3n) is 2.52. The first-order valence-electron chi connectivity index (χ1n) is 4.91. The molecule has 4 heteroatoms. The van der Waals surface area contributed by atoms with Crippen molar-refractivity contribution in [3.05, 3.63) is 30.1 Å². The predicted octanol–water partition coefficient (Wildman–Crippen LogP) is 1.31. The molecule has 1 aliphatic rings. The summed E-state index contributed by atoms with van der Waals surface area (Å²) in [5.74, 6) is -0.351. The average molecular weight is 209 g/mol. The van der Waals surface area contributed by atoms with E-state index in [2.05, 4.69) is 0 Å². The maximum atomic E-state index is 12.7. The number of hydrogen-bond acceptors (Lipinski definition) is 2. The van der Waals surface area contributed by atoms with E-state index in [1.165, 1.54) is 17.0 Å². The number of hydrogen-bond donors (Lipinski definition) is 1. The summed E-state index contributed by atoms with van der Waals surface area (Å²) in [5.41, 5.74) is 0.639. The lowest BCUT2D eigenvalue weighted by Gasteiger charge is -2.30. The Bertz CT molecular complexity index is 363. The van der Waals surface area contributed by atoms with Gasteiger partial charge in [-0.25, -0.2) is 4.39 Å². The van der Waals surface area contributed by atoms with Gasteiger partial charge in [-0.1, -0.05) is 0 Å². The summed E-state index contributed by atoms with van der Waals surface area (Å²) < 4.78 is 12.7. The average Bonchev–Trinajstić information content (AvgIpc) is 2.23. The number of piperidine rings is 1. The molecule has 0 bridgehead atoms. The maximum absolute atomic E-state index is 12.7. The quantitative estimate of drug-likeness (QED) is 0.757. The summed E-state index contributed by atoms with van der Waals surface area (Å²) in [6, 6.07) is 5.71. The van der Waals surface area contributed by atoms with Gasteiger partial charge in [0, 0.05) is 12.1 Å². The number of β-amino-alcohol motifs (C(OH)–C–C–N with tert-alkyl or cyclic N) is 1. The second-order valence-corrected chi connectivity index (χ2v) is 3.67. The molecule has 1 saturated heterocycles. The molecule has 1 aromatic rings. The number of rotatable bonds is 1. The summed E-state index contributed by atoms with van der Waals surface area (Å²) in [4.78, 5) is 13.0. The third-order valence-corrected chi connectivity index (χ3v) is 2.52. The maximum Gasteiger partial charge on any atom is 0.227 e. The molecular weight excluding hydrogens is 197 g/mol. The van der Waals surface area contributed by atoms with E-state index >= 15 is 0 Å². The molecule has 3 nitrogen and oxygen atoms in total. The van der Waals surface area contributed by atoms with Crippen molar-refractivity contribution < 1.29 is 14.3 Å². The fourth-order valence-corrected chi connectivity index (χ4v) is 1.70. The van der Waals surface area contributed by atoms with Crippen LogP contribution in [0.4, 0.5) is 10.1 Å². The van der Waals surface area contributed by atoms with Crippen LogP contribution in [0.2, 0.25) is 0 Å². The largest absolute Gasteiger partial charge is 0.391 e. The van der Waals surface area contributed by atoms with Gasteiger partial charge >= 0.3 is 0 Å². The van der Waals surface area contributed by atoms with Crippen LogP contribution in [0, 0.1) is 5.82 Å². The van der Waals surface area contributed by atoms with Crippen LogP contribution in [0.25, 0.3) is 0 Å². The van der Waals surface area contributed by atoms with Gasteiger partial charge in [-0.15, -0.1) is 0 Å². The molecule has 1 amide bonds. The lowest BCUT2D eigenvalue weighted by Crippen LogP contribution is -2.42. The minimum atomic E-state index is -0.479. The van der Waals surface area contributed by atoms with Gasteiger partial charge in [-0.05, 0) is 30.7 Å². The topological polar surface area (TPSA) is 40.5 Å². The van der Waals surface area contributed by atoms with E-state index in [1.54, 1.807) is 12.1 Å². The highest BCUT2D eigenvalue weighted by Crippen LogP contribution is 2.21. The Labute approximate surface area is 87.1 Å². The van der Waals surface area contributed by atoms with E-state index in [0.29, 0.717) is 25.1 Å². The molecule has 15 heavy (non-hydrogen) atoms. The van der Waals surface area contributed by atoms with E-state index in [4.69, 9.17) is 0 Å². The summed E-state index contributed by atoms with van der Waals surface area (Å²) in [5, 5.41) is 9.45. The monoisotopic (exact) mass is 209 g/mol. The molecule has 1 atom stereocenters. The summed E-state index contributed by atoms with van der Waals surface area (Å²) >= 11 is 0. The van der Waals surface area contributed by atoms with E-state index in [1.807, 2.05) is 0 Å². The molecular formula is C11H12FNO2. The first kappa shape index (κ1) is 10.1. The summed E-state index contributed by atoms with van der Waals surface area (Å²) in [6.45, 7) is 0.296. The highest BCUT2D eigenvalue weighted by Gasteiger charge is 2.25. The Morgan fingerprint density at radius 3 is 2.67 bits per heavy atom. The van der Waals surface area contributed by atoms with Gasteiger partial charge in [-0.2, -0.15) is 0 Å². The Morgan fingerprint density at radius 2 is 2.00 bits per heavy atom. The van der Waals surface area contributed by atoms with Gasteiger partial charge in [0.25, 0.3) is 0 Å². The Hall–Kier alpha value is -1.42.